The number of rotatable bonds is 7. The second kappa shape index (κ2) is 11.0. The molecule has 1 aliphatic heterocycles. The molecule has 0 aliphatic carbocycles. The van der Waals surface area contributed by atoms with Crippen molar-refractivity contribution >= 4 is 34.7 Å². The van der Waals surface area contributed by atoms with Crippen molar-refractivity contribution < 1.29 is 9.90 Å². The largest absolute Gasteiger partial charge is 0.384 e. The first-order chi connectivity index (χ1) is 17.2. The Balaban J connectivity index is 1.57. The van der Waals surface area contributed by atoms with Gasteiger partial charge in [-0.15, -0.1) is 0 Å². The Morgan fingerprint density at radius 1 is 1.17 bits per heavy atom. The molecule has 2 atom stereocenters. The maximum Gasteiger partial charge on any atom is 0.135 e. The highest BCUT2D eigenvalue weighted by Crippen LogP contribution is 2.37. The van der Waals surface area contributed by atoms with E-state index in [1.807, 2.05) is 36.4 Å². The van der Waals surface area contributed by atoms with Crippen LogP contribution in [0.2, 0.25) is 10.0 Å². The number of hydrogen-bond donors (Lipinski definition) is 1. The minimum absolute atomic E-state index is 0.0340. The zero-order chi connectivity index (χ0) is 25.9. The van der Waals surface area contributed by atoms with Crippen molar-refractivity contribution in [2.45, 2.75) is 31.9 Å². The second-order valence-corrected chi connectivity index (χ2v) is 10.3. The van der Waals surface area contributed by atoms with Gasteiger partial charge in [-0.05, 0) is 55.8 Å². The van der Waals surface area contributed by atoms with E-state index in [9.17, 15) is 15.2 Å². The number of aromatic nitrogens is 1. The standard InChI is InChI=1S/C28H28Cl2N4O2/c1-19(35)13-24-9-6-22(16-32-24)28(2,36)18-33-11-12-34(26-10-3-20(15-31)14-25(26)30)27(17-33)21-4-7-23(29)8-5-21/h3-10,14,16,27,36H,11-13,17-18H2,1-2H3/t27-,28+/m0/s1. The fraction of sp³-hybridized carbons (Fsp3) is 0.321. The number of nitriles is 1. The molecule has 0 bridgehead atoms. The number of β-amino-alcohol motifs (C(OH)–C–C–N with tert-alkyl or cyclic N) is 1. The summed E-state index contributed by atoms with van der Waals surface area (Å²) in [6, 6.07) is 18.9. The van der Waals surface area contributed by atoms with Crippen LogP contribution in [0.3, 0.4) is 0 Å². The first-order valence-electron chi connectivity index (χ1n) is 11.8. The SMILES string of the molecule is CC(=O)Cc1ccc([C@](C)(O)CN2CCN(c3ccc(C#N)cc3Cl)[C@H](c3ccc(Cl)cc3)C2)cn1. The molecule has 36 heavy (non-hydrogen) atoms. The molecule has 186 valence electrons. The van der Waals surface area contributed by atoms with Gasteiger partial charge in [0.1, 0.15) is 11.4 Å². The van der Waals surface area contributed by atoms with Gasteiger partial charge in [-0.25, -0.2) is 0 Å². The van der Waals surface area contributed by atoms with E-state index in [-0.39, 0.29) is 18.2 Å². The molecule has 1 saturated heterocycles. The van der Waals surface area contributed by atoms with E-state index >= 15 is 0 Å². The van der Waals surface area contributed by atoms with Gasteiger partial charge in [-0.1, -0.05) is 41.4 Å². The molecule has 0 spiro atoms. The number of Topliss-reactive ketones (excluding diaryl/α,β-unsaturated/α-hetero) is 1. The van der Waals surface area contributed by atoms with E-state index in [0.29, 0.717) is 53.0 Å². The highest BCUT2D eigenvalue weighted by Gasteiger charge is 2.34. The molecule has 1 aliphatic rings. The number of carbonyl (C=O) groups is 1. The topological polar surface area (TPSA) is 80.5 Å². The maximum absolute atomic E-state index is 11.4. The van der Waals surface area contributed by atoms with Gasteiger partial charge in [-0.3, -0.25) is 14.7 Å². The number of benzene rings is 2. The van der Waals surface area contributed by atoms with Gasteiger partial charge in [0.25, 0.3) is 0 Å². The molecule has 3 aromatic rings. The number of anilines is 1. The summed E-state index contributed by atoms with van der Waals surface area (Å²) in [5.74, 6) is 0.0514. The summed E-state index contributed by atoms with van der Waals surface area (Å²) in [6.07, 6.45) is 1.94. The summed E-state index contributed by atoms with van der Waals surface area (Å²) in [5.41, 5.74) is 2.74. The highest BCUT2D eigenvalue weighted by molar-refractivity contribution is 6.33. The lowest BCUT2D eigenvalue weighted by Gasteiger charge is -2.45. The predicted octanol–water partition coefficient (Wildman–Crippen LogP) is 5.16. The normalized spacial score (nSPS) is 17.9. The molecule has 8 heteroatoms. The van der Waals surface area contributed by atoms with Crippen molar-refractivity contribution in [3.63, 3.8) is 0 Å². The van der Waals surface area contributed by atoms with Crippen LogP contribution in [-0.4, -0.2) is 47.0 Å². The van der Waals surface area contributed by atoms with Crippen molar-refractivity contribution in [3.8, 4) is 6.07 Å². The number of nitrogens with zero attached hydrogens (tertiary/aromatic N) is 4. The van der Waals surface area contributed by atoms with Gasteiger partial charge in [0.2, 0.25) is 0 Å². The number of halogens is 2. The molecule has 0 radical (unpaired) electrons. The van der Waals surface area contributed by atoms with E-state index in [1.165, 1.54) is 6.92 Å². The van der Waals surface area contributed by atoms with Gasteiger partial charge in [0, 0.05) is 55.1 Å². The maximum atomic E-state index is 11.4. The molecule has 0 unspecified atom stereocenters. The lowest BCUT2D eigenvalue weighted by molar-refractivity contribution is -0.116. The number of ketones is 1. The van der Waals surface area contributed by atoms with Crippen LogP contribution in [0.15, 0.2) is 60.8 Å². The van der Waals surface area contributed by atoms with Crippen LogP contribution in [0.4, 0.5) is 5.69 Å². The molecule has 0 amide bonds. The Morgan fingerprint density at radius 2 is 1.92 bits per heavy atom. The number of carbonyl (C=O) groups excluding carboxylic acids is 1. The van der Waals surface area contributed by atoms with Gasteiger partial charge in [-0.2, -0.15) is 5.26 Å². The first-order valence-corrected chi connectivity index (χ1v) is 12.5. The Morgan fingerprint density at radius 3 is 2.53 bits per heavy atom. The molecule has 1 fully saturated rings. The number of hydrogen-bond acceptors (Lipinski definition) is 6. The lowest BCUT2D eigenvalue weighted by atomic mass is 9.94. The van der Waals surface area contributed by atoms with E-state index in [1.54, 1.807) is 31.3 Å². The van der Waals surface area contributed by atoms with Crippen molar-refractivity contribution in [1.29, 1.82) is 5.26 Å². The molecule has 4 rings (SSSR count). The average molecular weight is 523 g/mol. The first kappa shape index (κ1) is 26.1. The van der Waals surface area contributed by atoms with Crippen LogP contribution in [0.5, 0.6) is 0 Å². The zero-order valence-corrected chi connectivity index (χ0v) is 21.8. The summed E-state index contributed by atoms with van der Waals surface area (Å²) < 4.78 is 0. The molecule has 2 aromatic carbocycles. The molecule has 6 nitrogen and oxygen atoms in total. The van der Waals surface area contributed by atoms with E-state index in [0.717, 1.165) is 11.3 Å². The summed E-state index contributed by atoms with van der Waals surface area (Å²) >= 11 is 12.7. The van der Waals surface area contributed by atoms with Crippen LogP contribution >= 0.6 is 23.2 Å². The summed E-state index contributed by atoms with van der Waals surface area (Å²) in [6.45, 7) is 5.80. The Labute approximate surface area is 221 Å². The van der Waals surface area contributed by atoms with Crippen molar-refractivity contribution in [2.75, 3.05) is 31.1 Å². The fourth-order valence-corrected chi connectivity index (χ4v) is 5.10. The van der Waals surface area contributed by atoms with Gasteiger partial charge in [0.05, 0.1) is 28.4 Å². The molecule has 1 N–H and O–H groups in total. The van der Waals surface area contributed by atoms with Gasteiger partial charge >= 0.3 is 0 Å². The summed E-state index contributed by atoms with van der Waals surface area (Å²) in [5, 5.41) is 21.8. The molecule has 2 heterocycles. The van der Waals surface area contributed by atoms with Crippen LogP contribution in [0.1, 0.15) is 42.3 Å². The molecular formula is C28H28Cl2N4O2. The summed E-state index contributed by atoms with van der Waals surface area (Å²) in [7, 11) is 0. The van der Waals surface area contributed by atoms with Crippen LogP contribution in [0.25, 0.3) is 0 Å². The van der Waals surface area contributed by atoms with E-state index in [4.69, 9.17) is 23.2 Å². The molecular weight excluding hydrogens is 495 g/mol. The van der Waals surface area contributed by atoms with Crippen LogP contribution in [-0.2, 0) is 16.8 Å². The number of pyridine rings is 1. The minimum Gasteiger partial charge on any atom is -0.384 e. The number of aliphatic hydroxyl groups is 1. The third-order valence-electron chi connectivity index (χ3n) is 6.51. The fourth-order valence-electron chi connectivity index (χ4n) is 4.68. The monoisotopic (exact) mass is 522 g/mol. The van der Waals surface area contributed by atoms with Gasteiger partial charge < -0.3 is 10.0 Å². The average Bonchev–Trinajstić information content (AvgIpc) is 2.84. The molecule has 1 aromatic heterocycles. The smallest absolute Gasteiger partial charge is 0.135 e. The lowest BCUT2D eigenvalue weighted by Crippen LogP contribution is -2.52. The summed E-state index contributed by atoms with van der Waals surface area (Å²) in [4.78, 5) is 20.2. The third-order valence-corrected chi connectivity index (χ3v) is 7.07. The highest BCUT2D eigenvalue weighted by atomic mass is 35.5. The second-order valence-electron chi connectivity index (χ2n) is 9.46. The zero-order valence-electron chi connectivity index (χ0n) is 20.3. The minimum atomic E-state index is -1.12. The Kier molecular flexibility index (Phi) is 7.97. The number of piperazine rings is 1. The van der Waals surface area contributed by atoms with Crippen molar-refractivity contribution in [2.24, 2.45) is 0 Å². The predicted molar refractivity (Wildman–Crippen MR) is 142 cm³/mol. The Hall–Kier alpha value is -2.95. The van der Waals surface area contributed by atoms with E-state index in [2.05, 4.69) is 20.9 Å². The van der Waals surface area contributed by atoms with Crippen LogP contribution < -0.4 is 4.90 Å². The van der Waals surface area contributed by atoms with Gasteiger partial charge in [0.15, 0.2) is 0 Å². The Bertz CT molecular complexity index is 1270. The third kappa shape index (κ3) is 6.05. The van der Waals surface area contributed by atoms with Crippen LogP contribution in [0, 0.1) is 11.3 Å². The van der Waals surface area contributed by atoms with Crippen molar-refractivity contribution in [1.82, 2.24) is 9.88 Å². The quantitative estimate of drug-likeness (QED) is 0.461. The molecule has 0 saturated carbocycles. The van der Waals surface area contributed by atoms with E-state index < -0.39 is 5.60 Å². The van der Waals surface area contributed by atoms with Crippen molar-refractivity contribution in [3.05, 3.63) is 93.2 Å².